The van der Waals surface area contributed by atoms with Crippen molar-refractivity contribution >= 4 is 10.9 Å². The fourth-order valence-corrected chi connectivity index (χ4v) is 2.85. The van der Waals surface area contributed by atoms with Crippen LogP contribution in [0.3, 0.4) is 0 Å². The summed E-state index contributed by atoms with van der Waals surface area (Å²) in [5, 5.41) is 5.01. The van der Waals surface area contributed by atoms with Crippen LogP contribution in [-0.4, -0.2) is 16.7 Å². The van der Waals surface area contributed by atoms with Gasteiger partial charge in [-0.2, -0.15) is 0 Å². The molecule has 2 aromatic rings. The van der Waals surface area contributed by atoms with Crippen LogP contribution >= 0.6 is 0 Å². The zero-order valence-corrected chi connectivity index (χ0v) is 14.1. The maximum atomic E-state index is 3.57. The number of unbranched alkanes of at least 4 members (excludes halogenated alkanes) is 1. The lowest BCUT2D eigenvalue weighted by Crippen LogP contribution is -2.36. The molecule has 0 fully saturated rings. The second kappa shape index (κ2) is 7.13. The van der Waals surface area contributed by atoms with Crippen LogP contribution in [0.2, 0.25) is 0 Å². The molecule has 2 heteroatoms. The standard InChI is InChI=1S/C19H30N2/c1-5-14-21-15-16(17-11-6-7-12-18(17)21)10-8-9-13-20-19(2,3)4/h6-7,11-12,15,20H,5,8-10,13-14H2,1-4H3. The van der Waals surface area contributed by atoms with Crippen LogP contribution in [-0.2, 0) is 13.0 Å². The summed E-state index contributed by atoms with van der Waals surface area (Å²) in [6, 6.07) is 8.81. The lowest BCUT2D eigenvalue weighted by molar-refractivity contribution is 0.419. The van der Waals surface area contributed by atoms with Gasteiger partial charge in [0.2, 0.25) is 0 Å². The minimum Gasteiger partial charge on any atom is -0.347 e. The Kier molecular flexibility index (Phi) is 5.46. The van der Waals surface area contributed by atoms with Gasteiger partial charge in [-0.05, 0) is 64.6 Å². The van der Waals surface area contributed by atoms with Crippen LogP contribution in [0.25, 0.3) is 10.9 Å². The minimum atomic E-state index is 0.233. The van der Waals surface area contributed by atoms with Crippen molar-refractivity contribution in [2.75, 3.05) is 6.54 Å². The first-order valence-electron chi connectivity index (χ1n) is 8.33. The largest absolute Gasteiger partial charge is 0.347 e. The van der Waals surface area contributed by atoms with Crippen molar-refractivity contribution in [1.29, 1.82) is 0 Å². The maximum absolute atomic E-state index is 3.57. The third kappa shape index (κ3) is 4.60. The number of hydrogen-bond acceptors (Lipinski definition) is 1. The Hall–Kier alpha value is -1.28. The van der Waals surface area contributed by atoms with Crippen LogP contribution in [0.4, 0.5) is 0 Å². The van der Waals surface area contributed by atoms with E-state index in [9.17, 15) is 0 Å². The number of fused-ring (bicyclic) bond motifs is 1. The van der Waals surface area contributed by atoms with Crippen molar-refractivity contribution in [2.45, 2.75) is 65.5 Å². The first-order valence-corrected chi connectivity index (χ1v) is 8.33. The highest BCUT2D eigenvalue weighted by Gasteiger charge is 2.09. The van der Waals surface area contributed by atoms with Crippen LogP contribution < -0.4 is 5.32 Å². The van der Waals surface area contributed by atoms with E-state index in [1.807, 2.05) is 0 Å². The zero-order valence-electron chi connectivity index (χ0n) is 14.1. The van der Waals surface area contributed by atoms with E-state index in [1.165, 1.54) is 42.1 Å². The zero-order chi connectivity index (χ0) is 15.3. The molecule has 2 nitrogen and oxygen atoms in total. The Morgan fingerprint density at radius 3 is 2.57 bits per heavy atom. The number of aromatic nitrogens is 1. The van der Waals surface area contributed by atoms with E-state index in [4.69, 9.17) is 0 Å². The summed E-state index contributed by atoms with van der Waals surface area (Å²) in [6.45, 7) is 11.2. The number of aryl methyl sites for hydroxylation is 2. The van der Waals surface area contributed by atoms with E-state index >= 15 is 0 Å². The Labute approximate surface area is 129 Å². The molecule has 0 aliphatic heterocycles. The van der Waals surface area contributed by atoms with Gasteiger partial charge in [-0.3, -0.25) is 0 Å². The summed E-state index contributed by atoms with van der Waals surface area (Å²) in [5.74, 6) is 0. The first-order chi connectivity index (χ1) is 10.0. The summed E-state index contributed by atoms with van der Waals surface area (Å²) >= 11 is 0. The first kappa shape index (κ1) is 16.1. The van der Waals surface area contributed by atoms with Crippen molar-refractivity contribution in [3.05, 3.63) is 36.0 Å². The summed E-state index contributed by atoms with van der Waals surface area (Å²) in [5.41, 5.74) is 3.13. The molecular weight excluding hydrogens is 256 g/mol. The summed E-state index contributed by atoms with van der Waals surface area (Å²) in [4.78, 5) is 0. The van der Waals surface area contributed by atoms with Crippen LogP contribution in [0.5, 0.6) is 0 Å². The summed E-state index contributed by atoms with van der Waals surface area (Å²) in [7, 11) is 0. The molecule has 1 heterocycles. The van der Waals surface area contributed by atoms with E-state index in [2.05, 4.69) is 68.0 Å². The van der Waals surface area contributed by atoms with Gasteiger partial charge in [0.05, 0.1) is 0 Å². The van der Waals surface area contributed by atoms with Crippen LogP contribution in [0, 0.1) is 0 Å². The molecule has 0 spiro atoms. The molecule has 0 aliphatic rings. The van der Waals surface area contributed by atoms with E-state index < -0.39 is 0 Å². The molecule has 1 N–H and O–H groups in total. The molecule has 2 rings (SSSR count). The van der Waals surface area contributed by atoms with Crippen LogP contribution in [0.15, 0.2) is 30.5 Å². The number of nitrogens with one attached hydrogen (secondary N) is 1. The van der Waals surface area contributed by atoms with Crippen molar-refractivity contribution in [2.24, 2.45) is 0 Å². The average Bonchev–Trinajstić information content (AvgIpc) is 2.77. The fourth-order valence-electron chi connectivity index (χ4n) is 2.85. The molecule has 1 aromatic carbocycles. The summed E-state index contributed by atoms with van der Waals surface area (Å²) in [6.07, 6.45) is 7.23. The number of rotatable bonds is 7. The van der Waals surface area contributed by atoms with Gasteiger partial charge in [-0.25, -0.2) is 0 Å². The normalized spacial score (nSPS) is 12.2. The van der Waals surface area contributed by atoms with Gasteiger partial charge in [-0.15, -0.1) is 0 Å². The number of benzene rings is 1. The number of hydrogen-bond donors (Lipinski definition) is 1. The van der Waals surface area contributed by atoms with Crippen molar-refractivity contribution in [3.8, 4) is 0 Å². The van der Waals surface area contributed by atoms with Gasteiger partial charge in [0.1, 0.15) is 0 Å². The van der Waals surface area contributed by atoms with Gasteiger partial charge >= 0.3 is 0 Å². The SMILES string of the molecule is CCCn1cc(CCCCNC(C)(C)C)c2ccccc21. The Bertz CT molecular complexity index is 560. The minimum absolute atomic E-state index is 0.233. The predicted octanol–water partition coefficient (Wildman–Crippen LogP) is 4.76. The Balaban J connectivity index is 1.96. The lowest BCUT2D eigenvalue weighted by atomic mass is 10.1. The molecule has 0 radical (unpaired) electrons. The van der Waals surface area contributed by atoms with Gasteiger partial charge in [-0.1, -0.05) is 25.1 Å². The fraction of sp³-hybridized carbons (Fsp3) is 0.579. The topological polar surface area (TPSA) is 17.0 Å². The lowest BCUT2D eigenvalue weighted by Gasteiger charge is -2.20. The Morgan fingerprint density at radius 1 is 1.10 bits per heavy atom. The average molecular weight is 286 g/mol. The second-order valence-corrected chi connectivity index (χ2v) is 7.00. The second-order valence-electron chi connectivity index (χ2n) is 7.00. The predicted molar refractivity (Wildman–Crippen MR) is 92.9 cm³/mol. The summed E-state index contributed by atoms with van der Waals surface area (Å²) < 4.78 is 2.41. The number of para-hydroxylation sites is 1. The molecule has 0 saturated heterocycles. The van der Waals surface area contributed by atoms with E-state index in [1.54, 1.807) is 0 Å². The Morgan fingerprint density at radius 2 is 1.86 bits per heavy atom. The smallest absolute Gasteiger partial charge is 0.0483 e. The van der Waals surface area contributed by atoms with Crippen molar-refractivity contribution in [1.82, 2.24) is 9.88 Å². The molecule has 116 valence electrons. The van der Waals surface area contributed by atoms with Crippen molar-refractivity contribution < 1.29 is 0 Å². The van der Waals surface area contributed by atoms with Crippen molar-refractivity contribution in [3.63, 3.8) is 0 Å². The monoisotopic (exact) mass is 286 g/mol. The highest BCUT2D eigenvalue weighted by Crippen LogP contribution is 2.23. The highest BCUT2D eigenvalue weighted by atomic mass is 15.0. The maximum Gasteiger partial charge on any atom is 0.0483 e. The van der Waals surface area contributed by atoms with Gasteiger partial charge in [0, 0.05) is 29.2 Å². The molecule has 0 unspecified atom stereocenters. The molecule has 21 heavy (non-hydrogen) atoms. The van der Waals surface area contributed by atoms with Crippen LogP contribution in [0.1, 0.15) is 52.5 Å². The van der Waals surface area contributed by atoms with E-state index in [0.717, 1.165) is 13.1 Å². The quantitative estimate of drug-likeness (QED) is 0.726. The molecular formula is C19H30N2. The van der Waals surface area contributed by atoms with E-state index in [0.29, 0.717) is 0 Å². The third-order valence-corrected chi connectivity index (χ3v) is 3.86. The van der Waals surface area contributed by atoms with E-state index in [-0.39, 0.29) is 5.54 Å². The third-order valence-electron chi connectivity index (χ3n) is 3.86. The highest BCUT2D eigenvalue weighted by molar-refractivity contribution is 5.83. The van der Waals surface area contributed by atoms with Gasteiger partial charge in [0.25, 0.3) is 0 Å². The molecule has 1 aromatic heterocycles. The molecule has 0 amide bonds. The molecule has 0 saturated carbocycles. The number of nitrogens with zero attached hydrogens (tertiary/aromatic N) is 1. The molecule has 0 atom stereocenters. The van der Waals surface area contributed by atoms with Gasteiger partial charge in [0.15, 0.2) is 0 Å². The molecule has 0 bridgehead atoms. The van der Waals surface area contributed by atoms with Gasteiger partial charge < -0.3 is 9.88 Å². The molecule has 0 aliphatic carbocycles.